The van der Waals surface area contributed by atoms with Crippen molar-refractivity contribution in [2.24, 2.45) is 0 Å². The Morgan fingerprint density at radius 1 is 1.57 bits per heavy atom. The van der Waals surface area contributed by atoms with Crippen molar-refractivity contribution < 1.29 is 0 Å². The third-order valence-electron chi connectivity index (χ3n) is 2.30. The predicted octanol–water partition coefficient (Wildman–Crippen LogP) is 3.67. The molecule has 0 aliphatic heterocycles. The molecule has 0 saturated carbocycles. The van der Waals surface area contributed by atoms with Gasteiger partial charge in [0, 0.05) is 0 Å². The summed E-state index contributed by atoms with van der Waals surface area (Å²) in [6, 6.07) is 0.334. The van der Waals surface area contributed by atoms with Crippen LogP contribution in [0.2, 0.25) is 0 Å². The highest BCUT2D eigenvalue weighted by Gasteiger charge is 2.13. The van der Waals surface area contributed by atoms with Crippen LogP contribution in [0.4, 0.5) is 0 Å². The molecule has 0 radical (unpaired) electrons. The van der Waals surface area contributed by atoms with E-state index in [0.29, 0.717) is 6.04 Å². The van der Waals surface area contributed by atoms with Crippen LogP contribution in [0.1, 0.15) is 37.4 Å². The molecule has 1 rings (SSSR count). The molecule has 1 aromatic rings. The van der Waals surface area contributed by atoms with E-state index < -0.39 is 0 Å². The molecule has 1 atom stereocenters. The number of hydrogen-bond donors (Lipinski definition) is 1. The van der Waals surface area contributed by atoms with Gasteiger partial charge in [0.25, 0.3) is 0 Å². The Labute approximate surface area is 90.9 Å². The summed E-state index contributed by atoms with van der Waals surface area (Å²) in [5, 5.41) is 7.93. The van der Waals surface area contributed by atoms with Crippen molar-refractivity contribution in [2.75, 3.05) is 6.54 Å². The van der Waals surface area contributed by atoms with Crippen LogP contribution in [0.15, 0.2) is 22.9 Å². The third kappa shape index (κ3) is 2.69. The Bertz CT molecular complexity index is 301. The number of aryl methyl sites for hydroxylation is 1. The zero-order valence-electron chi connectivity index (χ0n) is 9.26. The van der Waals surface area contributed by atoms with E-state index in [-0.39, 0.29) is 0 Å². The van der Waals surface area contributed by atoms with Gasteiger partial charge in [-0.15, -0.1) is 0 Å². The largest absolute Gasteiger partial charge is 0.307 e. The molecule has 0 saturated heterocycles. The molecule has 0 amide bonds. The molecule has 1 nitrogen and oxygen atoms in total. The van der Waals surface area contributed by atoms with Gasteiger partial charge in [0.2, 0.25) is 0 Å². The lowest BCUT2D eigenvalue weighted by Gasteiger charge is -2.18. The van der Waals surface area contributed by atoms with Crippen molar-refractivity contribution in [2.45, 2.75) is 33.2 Å². The van der Waals surface area contributed by atoms with Crippen molar-refractivity contribution in [1.29, 1.82) is 0 Å². The van der Waals surface area contributed by atoms with Gasteiger partial charge in [0.1, 0.15) is 0 Å². The monoisotopic (exact) mass is 209 g/mol. The first kappa shape index (κ1) is 11.5. The van der Waals surface area contributed by atoms with Crippen molar-refractivity contribution in [3.63, 3.8) is 0 Å². The summed E-state index contributed by atoms with van der Waals surface area (Å²) in [5.74, 6) is 0. The minimum absolute atomic E-state index is 0.334. The molecule has 0 aliphatic rings. The summed E-state index contributed by atoms with van der Waals surface area (Å²) in [6.45, 7) is 11.5. The van der Waals surface area contributed by atoms with Crippen LogP contribution < -0.4 is 5.32 Å². The molecular formula is C12H19NS. The summed E-state index contributed by atoms with van der Waals surface area (Å²) < 4.78 is 0. The van der Waals surface area contributed by atoms with Gasteiger partial charge in [-0.25, -0.2) is 0 Å². The Morgan fingerprint density at radius 3 is 2.71 bits per heavy atom. The second-order valence-corrected chi connectivity index (χ2v) is 4.49. The average molecular weight is 209 g/mol. The van der Waals surface area contributed by atoms with Gasteiger partial charge in [0.05, 0.1) is 6.04 Å². The number of hydrogen-bond acceptors (Lipinski definition) is 2. The van der Waals surface area contributed by atoms with Crippen LogP contribution in [-0.2, 0) is 0 Å². The van der Waals surface area contributed by atoms with Crippen molar-refractivity contribution in [3.8, 4) is 0 Å². The van der Waals surface area contributed by atoms with Gasteiger partial charge < -0.3 is 5.32 Å². The smallest absolute Gasteiger partial charge is 0.0541 e. The normalized spacial score (nSPS) is 12.8. The highest BCUT2D eigenvalue weighted by Crippen LogP contribution is 2.26. The molecule has 2 heteroatoms. The van der Waals surface area contributed by atoms with Crippen LogP contribution in [0.5, 0.6) is 0 Å². The van der Waals surface area contributed by atoms with E-state index in [0.717, 1.165) is 13.0 Å². The van der Waals surface area contributed by atoms with Gasteiger partial charge in [-0.2, -0.15) is 11.3 Å². The molecule has 0 bridgehead atoms. The lowest BCUT2D eigenvalue weighted by atomic mass is 10.0. The second-order valence-electron chi connectivity index (χ2n) is 3.74. The van der Waals surface area contributed by atoms with Gasteiger partial charge in [-0.05, 0) is 48.7 Å². The summed E-state index contributed by atoms with van der Waals surface area (Å²) in [4.78, 5) is 0. The topological polar surface area (TPSA) is 12.0 Å². The lowest BCUT2D eigenvalue weighted by molar-refractivity contribution is 0.590. The Hall–Kier alpha value is -0.600. The van der Waals surface area contributed by atoms with Crippen LogP contribution in [-0.4, -0.2) is 6.54 Å². The minimum atomic E-state index is 0.334. The van der Waals surface area contributed by atoms with E-state index in [9.17, 15) is 0 Å². The SMILES string of the molecule is C=C(C)C(NCCC)c1cscc1C. The molecular weight excluding hydrogens is 190 g/mol. The van der Waals surface area contributed by atoms with E-state index in [4.69, 9.17) is 0 Å². The highest BCUT2D eigenvalue weighted by atomic mass is 32.1. The average Bonchev–Trinajstić information content (AvgIpc) is 2.52. The molecule has 0 spiro atoms. The quantitative estimate of drug-likeness (QED) is 0.730. The maximum absolute atomic E-state index is 4.05. The first-order valence-electron chi connectivity index (χ1n) is 5.08. The van der Waals surface area contributed by atoms with E-state index in [1.807, 2.05) is 0 Å². The van der Waals surface area contributed by atoms with Gasteiger partial charge in [-0.3, -0.25) is 0 Å². The van der Waals surface area contributed by atoms with Crippen LogP contribution >= 0.6 is 11.3 Å². The van der Waals surface area contributed by atoms with Crippen molar-refractivity contribution in [3.05, 3.63) is 34.0 Å². The number of nitrogens with one attached hydrogen (secondary N) is 1. The number of rotatable bonds is 5. The van der Waals surface area contributed by atoms with E-state index in [2.05, 4.69) is 43.4 Å². The van der Waals surface area contributed by atoms with Gasteiger partial charge in [-0.1, -0.05) is 19.1 Å². The maximum atomic E-state index is 4.05. The number of thiophene rings is 1. The Morgan fingerprint density at radius 2 is 2.29 bits per heavy atom. The minimum Gasteiger partial charge on any atom is -0.307 e. The summed E-state index contributed by atoms with van der Waals surface area (Å²) in [6.07, 6.45) is 1.16. The zero-order chi connectivity index (χ0) is 10.6. The summed E-state index contributed by atoms with van der Waals surface area (Å²) in [5.41, 5.74) is 3.95. The molecule has 1 unspecified atom stereocenters. The highest BCUT2D eigenvalue weighted by molar-refractivity contribution is 7.08. The van der Waals surface area contributed by atoms with E-state index >= 15 is 0 Å². The Balaban J connectivity index is 2.78. The fourth-order valence-corrected chi connectivity index (χ4v) is 2.38. The second kappa shape index (κ2) is 5.32. The molecule has 14 heavy (non-hydrogen) atoms. The molecule has 0 fully saturated rings. The first-order chi connectivity index (χ1) is 6.66. The van der Waals surface area contributed by atoms with Crippen LogP contribution in [0, 0.1) is 6.92 Å². The molecule has 1 heterocycles. The summed E-state index contributed by atoms with van der Waals surface area (Å²) >= 11 is 1.76. The zero-order valence-corrected chi connectivity index (χ0v) is 10.1. The standard InChI is InChI=1S/C12H19NS/c1-5-6-13-12(9(2)3)11-8-14-7-10(11)4/h7-8,12-13H,2,5-6H2,1,3-4H3. The van der Waals surface area contributed by atoms with Crippen LogP contribution in [0.25, 0.3) is 0 Å². The van der Waals surface area contributed by atoms with E-state index in [1.54, 1.807) is 11.3 Å². The van der Waals surface area contributed by atoms with Crippen LogP contribution in [0.3, 0.4) is 0 Å². The van der Waals surface area contributed by atoms with E-state index in [1.165, 1.54) is 16.7 Å². The lowest BCUT2D eigenvalue weighted by Crippen LogP contribution is -2.22. The predicted molar refractivity (Wildman–Crippen MR) is 64.9 cm³/mol. The fraction of sp³-hybridized carbons (Fsp3) is 0.500. The summed E-state index contributed by atoms with van der Waals surface area (Å²) in [7, 11) is 0. The van der Waals surface area contributed by atoms with Crippen molar-refractivity contribution in [1.82, 2.24) is 5.32 Å². The maximum Gasteiger partial charge on any atom is 0.0541 e. The molecule has 0 aliphatic carbocycles. The molecule has 78 valence electrons. The molecule has 1 N–H and O–H groups in total. The molecule has 0 aromatic carbocycles. The van der Waals surface area contributed by atoms with Gasteiger partial charge in [0.15, 0.2) is 0 Å². The van der Waals surface area contributed by atoms with Crippen molar-refractivity contribution >= 4 is 11.3 Å². The third-order valence-corrected chi connectivity index (χ3v) is 3.18. The first-order valence-corrected chi connectivity index (χ1v) is 6.02. The Kier molecular flexibility index (Phi) is 4.36. The molecule has 1 aromatic heterocycles. The fourth-order valence-electron chi connectivity index (χ4n) is 1.50. The van der Waals surface area contributed by atoms with Gasteiger partial charge >= 0.3 is 0 Å².